The average molecular weight is 470 g/mol. The molecule has 2 aromatic carbocycles. The third-order valence-electron chi connectivity index (χ3n) is 5.91. The van der Waals surface area contributed by atoms with Crippen LogP contribution in [-0.2, 0) is 17.6 Å². The zero-order valence-electron chi connectivity index (χ0n) is 18.8. The van der Waals surface area contributed by atoms with Gasteiger partial charge in [0.2, 0.25) is 5.91 Å². The number of carbonyl (C=O) groups is 1. The lowest BCUT2D eigenvalue weighted by atomic mass is 10.1. The second-order valence-corrected chi connectivity index (χ2v) is 10.1. The van der Waals surface area contributed by atoms with Gasteiger partial charge in [-0.15, -0.1) is 10.2 Å². The van der Waals surface area contributed by atoms with Crippen LogP contribution < -0.4 is 5.32 Å². The Hall–Kier alpha value is -2.35. The van der Waals surface area contributed by atoms with Gasteiger partial charge in [-0.2, -0.15) is 0 Å². The maximum atomic E-state index is 12.9. The van der Waals surface area contributed by atoms with E-state index in [-0.39, 0.29) is 17.2 Å². The van der Waals surface area contributed by atoms with Gasteiger partial charge in [0.05, 0.1) is 11.3 Å². The van der Waals surface area contributed by atoms with Crippen molar-refractivity contribution >= 4 is 35.0 Å². The summed E-state index contributed by atoms with van der Waals surface area (Å²) < 4.78 is 2.00. The van der Waals surface area contributed by atoms with Gasteiger partial charge in [0.15, 0.2) is 11.0 Å². The number of anilines is 1. The fourth-order valence-corrected chi connectivity index (χ4v) is 4.80. The van der Waals surface area contributed by atoms with E-state index < -0.39 is 0 Å². The van der Waals surface area contributed by atoms with Crippen LogP contribution >= 0.6 is 23.4 Å². The van der Waals surface area contributed by atoms with Crippen molar-refractivity contribution in [3.8, 4) is 5.69 Å². The largest absolute Gasteiger partial charge is 0.325 e. The van der Waals surface area contributed by atoms with E-state index >= 15 is 0 Å². The second kappa shape index (κ2) is 9.65. The first kappa shape index (κ1) is 22.8. The minimum atomic E-state index is -0.346. The molecule has 0 saturated heterocycles. The lowest BCUT2D eigenvalue weighted by molar-refractivity contribution is -0.115. The summed E-state index contributed by atoms with van der Waals surface area (Å²) in [6, 6.07) is 13.8. The second-order valence-electron chi connectivity index (χ2n) is 8.38. The van der Waals surface area contributed by atoms with Crippen molar-refractivity contribution < 1.29 is 4.79 Å². The summed E-state index contributed by atoms with van der Waals surface area (Å²) in [5, 5.41) is 12.9. The number of amides is 1. The monoisotopic (exact) mass is 469 g/mol. The number of rotatable bonds is 7. The summed E-state index contributed by atoms with van der Waals surface area (Å²) in [6.45, 7) is 3.97. The minimum Gasteiger partial charge on any atom is -0.325 e. The third-order valence-corrected chi connectivity index (χ3v) is 7.20. The number of thioether (sulfide) groups is 1. The maximum absolute atomic E-state index is 12.9. The molecule has 0 aliphatic heterocycles. The summed E-state index contributed by atoms with van der Waals surface area (Å²) in [5.74, 6) is 0.756. The lowest BCUT2D eigenvalue weighted by Crippen LogP contribution is -2.23. The average Bonchev–Trinajstić information content (AvgIpc) is 3.40. The highest BCUT2D eigenvalue weighted by atomic mass is 35.5. The van der Waals surface area contributed by atoms with Gasteiger partial charge in [-0.3, -0.25) is 14.3 Å². The van der Waals surface area contributed by atoms with E-state index in [9.17, 15) is 4.79 Å². The Kier molecular flexibility index (Phi) is 6.88. The van der Waals surface area contributed by atoms with E-state index in [4.69, 9.17) is 11.6 Å². The van der Waals surface area contributed by atoms with Crippen molar-refractivity contribution in [3.63, 3.8) is 0 Å². The van der Waals surface area contributed by atoms with Crippen molar-refractivity contribution in [2.45, 2.75) is 49.6 Å². The predicted molar refractivity (Wildman–Crippen MR) is 131 cm³/mol. The lowest BCUT2D eigenvalue weighted by Gasteiger charge is -2.21. The molecule has 0 spiro atoms. The summed E-state index contributed by atoms with van der Waals surface area (Å²) in [7, 11) is 4.01. The quantitative estimate of drug-likeness (QED) is 0.485. The van der Waals surface area contributed by atoms with E-state index in [0.717, 1.165) is 30.0 Å². The molecule has 4 rings (SSSR count). The van der Waals surface area contributed by atoms with Crippen molar-refractivity contribution in [2.24, 2.45) is 0 Å². The fourth-order valence-electron chi connectivity index (χ4n) is 3.80. The van der Waals surface area contributed by atoms with Gasteiger partial charge >= 0.3 is 0 Å². The number of carbonyl (C=O) groups excluding carboxylic acids is 1. The maximum Gasteiger partial charge on any atom is 0.237 e. The van der Waals surface area contributed by atoms with Gasteiger partial charge in [0, 0.05) is 16.4 Å². The number of hydrogen-bond acceptors (Lipinski definition) is 5. The normalized spacial score (nSPS) is 14.9. The summed E-state index contributed by atoms with van der Waals surface area (Å²) in [6.07, 6.45) is 3.40. The van der Waals surface area contributed by atoms with Gasteiger partial charge in [-0.05, 0) is 94.7 Å². The molecule has 0 bridgehead atoms. The molecule has 168 valence electrons. The van der Waals surface area contributed by atoms with Crippen LogP contribution in [0.15, 0.2) is 47.6 Å². The Balaban J connectivity index is 1.56. The van der Waals surface area contributed by atoms with Crippen LogP contribution in [-0.4, -0.2) is 44.9 Å². The molecule has 6 nitrogen and oxygen atoms in total. The number of fused-ring (bicyclic) bond motifs is 1. The first-order valence-electron chi connectivity index (χ1n) is 10.8. The number of halogens is 1. The first-order valence-corrected chi connectivity index (χ1v) is 12.1. The van der Waals surface area contributed by atoms with E-state index in [1.807, 2.05) is 55.9 Å². The number of nitrogens with one attached hydrogen (secondary N) is 1. The molecule has 8 heteroatoms. The summed E-state index contributed by atoms with van der Waals surface area (Å²) in [5.41, 5.74) is 4.50. The van der Waals surface area contributed by atoms with Gasteiger partial charge in [-0.1, -0.05) is 29.4 Å². The molecule has 1 heterocycles. The summed E-state index contributed by atoms with van der Waals surface area (Å²) >= 11 is 7.49. The molecule has 1 N–H and O–H groups in total. The molecule has 0 saturated carbocycles. The fraction of sp³-hybridized carbons (Fsp3) is 0.375. The van der Waals surface area contributed by atoms with Crippen molar-refractivity contribution in [2.75, 3.05) is 19.4 Å². The summed E-state index contributed by atoms with van der Waals surface area (Å²) in [4.78, 5) is 15.0. The highest BCUT2D eigenvalue weighted by Crippen LogP contribution is 2.31. The predicted octanol–water partition coefficient (Wildman–Crippen LogP) is 5.15. The number of aromatic nitrogens is 3. The molecule has 0 fully saturated rings. The van der Waals surface area contributed by atoms with Gasteiger partial charge in [0.1, 0.15) is 0 Å². The third kappa shape index (κ3) is 4.85. The molecule has 2 atom stereocenters. The van der Waals surface area contributed by atoms with Crippen LogP contribution in [0.2, 0.25) is 5.02 Å². The molecule has 1 aliphatic carbocycles. The SMILES string of the molecule is C[C@@H](Sc1nnc([C@H](C)N(C)C)n1-c1ccc(Cl)cc1)C(=O)Nc1ccc2c(c1)CCC2. The molecular formula is C24H28ClN5OS. The highest BCUT2D eigenvalue weighted by Gasteiger charge is 2.24. The molecule has 3 aromatic rings. The number of hydrogen-bond donors (Lipinski definition) is 1. The van der Waals surface area contributed by atoms with Crippen LogP contribution in [0.5, 0.6) is 0 Å². The first-order chi connectivity index (χ1) is 15.3. The molecule has 1 aliphatic rings. The van der Waals surface area contributed by atoms with Crippen LogP contribution in [0.25, 0.3) is 5.69 Å². The van der Waals surface area contributed by atoms with Crippen LogP contribution in [0, 0.1) is 0 Å². The molecule has 1 aromatic heterocycles. The van der Waals surface area contributed by atoms with Crippen LogP contribution in [0.4, 0.5) is 5.69 Å². The van der Waals surface area contributed by atoms with Gasteiger partial charge < -0.3 is 5.32 Å². The molecule has 32 heavy (non-hydrogen) atoms. The van der Waals surface area contributed by atoms with Crippen molar-refractivity contribution in [1.82, 2.24) is 19.7 Å². The Labute approximate surface area is 198 Å². The standard InChI is InChI=1S/C24H28ClN5OS/c1-15(29(3)4)22-27-28-24(30(22)21-12-9-19(25)10-13-21)32-16(2)23(31)26-20-11-8-17-6-5-7-18(17)14-20/h8-16H,5-7H2,1-4H3,(H,26,31)/t15-,16+/m0/s1. The molecule has 0 radical (unpaired) electrons. The Morgan fingerprint density at radius 2 is 1.81 bits per heavy atom. The Bertz CT molecular complexity index is 1110. The Morgan fingerprint density at radius 1 is 1.09 bits per heavy atom. The van der Waals surface area contributed by atoms with E-state index in [1.54, 1.807) is 0 Å². The molecule has 1 amide bonds. The van der Waals surface area contributed by atoms with E-state index in [2.05, 4.69) is 39.5 Å². The Morgan fingerprint density at radius 3 is 2.53 bits per heavy atom. The zero-order chi connectivity index (χ0) is 22.8. The topological polar surface area (TPSA) is 63.1 Å². The molecule has 0 unspecified atom stereocenters. The van der Waals surface area contributed by atoms with Crippen LogP contribution in [0.3, 0.4) is 0 Å². The highest BCUT2D eigenvalue weighted by molar-refractivity contribution is 8.00. The smallest absolute Gasteiger partial charge is 0.237 e. The minimum absolute atomic E-state index is 0.0445. The zero-order valence-corrected chi connectivity index (χ0v) is 20.4. The van der Waals surface area contributed by atoms with Crippen LogP contribution in [0.1, 0.15) is 43.3 Å². The van der Waals surface area contributed by atoms with Crippen molar-refractivity contribution in [1.29, 1.82) is 0 Å². The number of benzene rings is 2. The molecular weight excluding hydrogens is 442 g/mol. The number of aryl methyl sites for hydroxylation is 2. The van der Waals surface area contributed by atoms with Crippen molar-refractivity contribution in [3.05, 3.63) is 64.4 Å². The van der Waals surface area contributed by atoms with Gasteiger partial charge in [-0.25, -0.2) is 0 Å². The van der Waals surface area contributed by atoms with E-state index in [0.29, 0.717) is 10.2 Å². The van der Waals surface area contributed by atoms with Gasteiger partial charge in [0.25, 0.3) is 0 Å². The van der Waals surface area contributed by atoms with E-state index in [1.165, 1.54) is 29.3 Å². The number of nitrogens with zero attached hydrogens (tertiary/aromatic N) is 4.